The molecule has 1 aromatic heterocycles. The first kappa shape index (κ1) is 19.9. The number of aromatic nitrogens is 2. The van der Waals surface area contributed by atoms with Gasteiger partial charge in [-0.05, 0) is 62.1 Å². The lowest BCUT2D eigenvalue weighted by atomic mass is 9.93. The predicted octanol–water partition coefficient (Wildman–Crippen LogP) is 5.40. The average Bonchev–Trinajstić information content (AvgIpc) is 3.24. The molecule has 1 radical (unpaired) electrons. The SMILES string of the molecule is CC(C)c1noc(N2CCC(COc3ccc(C4=CC[CH]CC4)c(F)c3)CC2)n1. The summed E-state index contributed by atoms with van der Waals surface area (Å²) >= 11 is 0. The third-order valence-electron chi connectivity index (χ3n) is 5.75. The van der Waals surface area contributed by atoms with Crippen LogP contribution in [0.1, 0.15) is 63.3 Å². The minimum absolute atomic E-state index is 0.192. The number of hydrogen-bond donors (Lipinski definition) is 0. The normalized spacial score (nSPS) is 18.2. The number of benzene rings is 1. The molecule has 0 amide bonds. The van der Waals surface area contributed by atoms with Crippen LogP contribution in [0.2, 0.25) is 0 Å². The Balaban J connectivity index is 1.28. The molecule has 29 heavy (non-hydrogen) atoms. The van der Waals surface area contributed by atoms with Gasteiger partial charge in [0, 0.05) is 30.6 Å². The number of hydrogen-bond acceptors (Lipinski definition) is 5. The largest absolute Gasteiger partial charge is 0.493 e. The fourth-order valence-electron chi connectivity index (χ4n) is 3.89. The number of anilines is 1. The summed E-state index contributed by atoms with van der Waals surface area (Å²) in [6.45, 7) is 6.44. The standard InChI is InChI=1S/C23H29FN3O2/c1-16(2)22-25-23(29-26-22)27-12-10-17(11-13-27)15-28-19-8-9-20(21(24)14-19)18-6-4-3-5-7-18/h3,6,8-9,14,16-17H,4-5,7,10-13,15H2,1-2H3. The Hall–Kier alpha value is -2.37. The number of piperidine rings is 1. The Labute approximate surface area is 171 Å². The molecule has 0 unspecified atom stereocenters. The summed E-state index contributed by atoms with van der Waals surface area (Å²) in [7, 11) is 0. The Morgan fingerprint density at radius 2 is 2.10 bits per heavy atom. The van der Waals surface area contributed by atoms with Gasteiger partial charge in [0.05, 0.1) is 6.61 Å². The Morgan fingerprint density at radius 1 is 1.28 bits per heavy atom. The molecule has 2 aromatic rings. The van der Waals surface area contributed by atoms with Gasteiger partial charge in [0.25, 0.3) is 0 Å². The third kappa shape index (κ3) is 4.80. The van der Waals surface area contributed by atoms with E-state index in [-0.39, 0.29) is 11.7 Å². The van der Waals surface area contributed by atoms with Crippen molar-refractivity contribution in [2.24, 2.45) is 5.92 Å². The van der Waals surface area contributed by atoms with Crippen molar-refractivity contribution in [1.29, 1.82) is 0 Å². The molecule has 1 saturated heterocycles. The molecule has 0 N–H and O–H groups in total. The van der Waals surface area contributed by atoms with Crippen molar-refractivity contribution in [3.05, 3.63) is 47.9 Å². The highest BCUT2D eigenvalue weighted by Crippen LogP contribution is 2.30. The maximum Gasteiger partial charge on any atom is 0.324 e. The van der Waals surface area contributed by atoms with E-state index in [2.05, 4.69) is 41.4 Å². The van der Waals surface area contributed by atoms with Gasteiger partial charge in [-0.25, -0.2) is 4.39 Å². The van der Waals surface area contributed by atoms with Gasteiger partial charge in [-0.1, -0.05) is 25.1 Å². The summed E-state index contributed by atoms with van der Waals surface area (Å²) in [5, 5.41) is 4.04. The van der Waals surface area contributed by atoms with Gasteiger partial charge in [-0.2, -0.15) is 4.98 Å². The quantitative estimate of drug-likeness (QED) is 0.652. The Bertz CT molecular complexity index is 854. The van der Waals surface area contributed by atoms with Gasteiger partial charge in [-0.3, -0.25) is 0 Å². The van der Waals surface area contributed by atoms with E-state index in [1.807, 2.05) is 12.1 Å². The second-order valence-electron chi connectivity index (χ2n) is 8.27. The molecule has 1 aromatic carbocycles. The summed E-state index contributed by atoms with van der Waals surface area (Å²) in [6.07, 6.45) is 9.18. The highest BCUT2D eigenvalue weighted by molar-refractivity contribution is 5.67. The predicted molar refractivity (Wildman–Crippen MR) is 111 cm³/mol. The van der Waals surface area contributed by atoms with E-state index in [1.54, 1.807) is 0 Å². The van der Waals surface area contributed by atoms with Gasteiger partial charge in [0.2, 0.25) is 0 Å². The monoisotopic (exact) mass is 398 g/mol. The van der Waals surface area contributed by atoms with Crippen molar-refractivity contribution in [2.45, 2.75) is 51.9 Å². The number of allylic oxidation sites excluding steroid dienone is 2. The molecule has 0 saturated carbocycles. The van der Waals surface area contributed by atoms with E-state index in [9.17, 15) is 4.39 Å². The van der Waals surface area contributed by atoms with Crippen LogP contribution in [0.15, 0.2) is 28.8 Å². The van der Waals surface area contributed by atoms with Crippen molar-refractivity contribution < 1.29 is 13.7 Å². The zero-order chi connectivity index (χ0) is 20.2. The van der Waals surface area contributed by atoms with Crippen LogP contribution in [0.4, 0.5) is 10.4 Å². The second kappa shape index (κ2) is 8.97. The van der Waals surface area contributed by atoms with E-state index in [0.717, 1.165) is 56.6 Å². The van der Waals surface area contributed by atoms with E-state index in [0.29, 0.717) is 29.9 Å². The highest BCUT2D eigenvalue weighted by atomic mass is 19.1. The third-order valence-corrected chi connectivity index (χ3v) is 5.75. The molecule has 1 fully saturated rings. The molecule has 6 heteroatoms. The van der Waals surface area contributed by atoms with Crippen molar-refractivity contribution in [3.63, 3.8) is 0 Å². The lowest BCUT2D eigenvalue weighted by molar-refractivity contribution is 0.219. The summed E-state index contributed by atoms with van der Waals surface area (Å²) in [5.74, 6) is 1.87. The molecular weight excluding hydrogens is 369 g/mol. The van der Waals surface area contributed by atoms with Crippen molar-refractivity contribution in [2.75, 3.05) is 24.6 Å². The molecule has 0 atom stereocenters. The van der Waals surface area contributed by atoms with E-state index >= 15 is 0 Å². The van der Waals surface area contributed by atoms with Gasteiger partial charge in [0.1, 0.15) is 11.6 Å². The fraction of sp³-hybridized carbons (Fsp3) is 0.522. The molecule has 155 valence electrons. The molecular formula is C23H29FN3O2. The van der Waals surface area contributed by atoms with E-state index in [4.69, 9.17) is 9.26 Å². The van der Waals surface area contributed by atoms with Gasteiger partial charge in [0.15, 0.2) is 5.82 Å². The van der Waals surface area contributed by atoms with Crippen LogP contribution >= 0.6 is 0 Å². The van der Waals surface area contributed by atoms with E-state index in [1.165, 1.54) is 6.07 Å². The lowest BCUT2D eigenvalue weighted by Crippen LogP contribution is -2.35. The number of nitrogens with zero attached hydrogens (tertiary/aromatic N) is 3. The smallest absolute Gasteiger partial charge is 0.324 e. The molecule has 1 aliphatic heterocycles. The highest BCUT2D eigenvalue weighted by Gasteiger charge is 2.24. The van der Waals surface area contributed by atoms with Gasteiger partial charge >= 0.3 is 6.01 Å². The summed E-state index contributed by atoms with van der Waals surface area (Å²) in [6, 6.07) is 5.88. The Kier molecular flexibility index (Phi) is 6.16. The first-order valence-corrected chi connectivity index (χ1v) is 10.6. The molecule has 0 spiro atoms. The van der Waals surface area contributed by atoms with Crippen LogP contribution in [-0.4, -0.2) is 29.8 Å². The first-order valence-electron chi connectivity index (χ1n) is 10.6. The summed E-state index contributed by atoms with van der Waals surface area (Å²) in [4.78, 5) is 6.62. The zero-order valence-corrected chi connectivity index (χ0v) is 17.2. The number of ether oxygens (including phenoxy) is 1. The van der Waals surface area contributed by atoms with Crippen LogP contribution in [0.25, 0.3) is 5.57 Å². The van der Waals surface area contributed by atoms with Crippen molar-refractivity contribution in [3.8, 4) is 5.75 Å². The van der Waals surface area contributed by atoms with Crippen LogP contribution in [0.3, 0.4) is 0 Å². The summed E-state index contributed by atoms with van der Waals surface area (Å²) in [5.41, 5.74) is 1.81. The maximum absolute atomic E-state index is 14.5. The molecule has 4 rings (SSSR count). The van der Waals surface area contributed by atoms with Crippen molar-refractivity contribution >= 4 is 11.6 Å². The zero-order valence-electron chi connectivity index (χ0n) is 17.2. The molecule has 2 heterocycles. The van der Waals surface area contributed by atoms with Crippen LogP contribution in [-0.2, 0) is 0 Å². The number of rotatable bonds is 6. The van der Waals surface area contributed by atoms with Gasteiger partial charge in [-0.15, -0.1) is 0 Å². The maximum atomic E-state index is 14.5. The van der Waals surface area contributed by atoms with Gasteiger partial charge < -0.3 is 14.2 Å². The fourth-order valence-corrected chi connectivity index (χ4v) is 3.89. The second-order valence-corrected chi connectivity index (χ2v) is 8.27. The molecule has 0 bridgehead atoms. The molecule has 5 nitrogen and oxygen atoms in total. The van der Waals surface area contributed by atoms with Crippen LogP contribution in [0.5, 0.6) is 5.75 Å². The van der Waals surface area contributed by atoms with Crippen LogP contribution < -0.4 is 9.64 Å². The topological polar surface area (TPSA) is 51.4 Å². The van der Waals surface area contributed by atoms with Crippen LogP contribution in [0, 0.1) is 18.2 Å². The molecule has 1 aliphatic carbocycles. The number of halogens is 1. The first-order chi connectivity index (χ1) is 14.1. The molecule has 2 aliphatic rings. The average molecular weight is 399 g/mol. The van der Waals surface area contributed by atoms with Crippen molar-refractivity contribution in [1.82, 2.24) is 10.1 Å². The minimum Gasteiger partial charge on any atom is -0.493 e. The summed E-state index contributed by atoms with van der Waals surface area (Å²) < 4.78 is 25.8. The Morgan fingerprint density at radius 3 is 2.76 bits per heavy atom. The minimum atomic E-state index is -0.192. The van der Waals surface area contributed by atoms with E-state index < -0.39 is 0 Å². The lowest BCUT2D eigenvalue weighted by Gasteiger charge is -2.30.